The molecule has 1 aliphatic rings. The van der Waals surface area contributed by atoms with Crippen molar-refractivity contribution in [2.75, 3.05) is 18.4 Å². The molecule has 0 saturated carbocycles. The first kappa shape index (κ1) is 21.7. The maximum atomic E-state index is 12.7. The second kappa shape index (κ2) is 8.80. The van der Waals surface area contributed by atoms with Gasteiger partial charge < -0.3 is 9.88 Å². The first-order valence-electron chi connectivity index (χ1n) is 9.55. The van der Waals surface area contributed by atoms with Gasteiger partial charge >= 0.3 is 6.03 Å². The van der Waals surface area contributed by atoms with E-state index < -0.39 is 34.1 Å². The van der Waals surface area contributed by atoms with Gasteiger partial charge in [0.2, 0.25) is 15.9 Å². The van der Waals surface area contributed by atoms with Crippen molar-refractivity contribution in [3.05, 3.63) is 58.0 Å². The number of pyridine rings is 1. The highest BCUT2D eigenvalue weighted by molar-refractivity contribution is 7.89. The Morgan fingerprint density at radius 3 is 2.43 bits per heavy atom. The predicted octanol–water partition coefficient (Wildman–Crippen LogP) is 1.60. The molecule has 0 aliphatic carbocycles. The Bertz CT molecular complexity index is 1130. The SMILES string of the molecule is Cc1ccc(NC(=O)NC(=O)Cn2cc(S(=O)(=O)N3CCCC3)ccc2=O)c(C)c1. The maximum absolute atomic E-state index is 12.7. The van der Waals surface area contributed by atoms with E-state index in [1.807, 2.05) is 26.0 Å². The quantitative estimate of drug-likeness (QED) is 0.744. The van der Waals surface area contributed by atoms with E-state index in [0.29, 0.717) is 18.8 Å². The van der Waals surface area contributed by atoms with Crippen LogP contribution in [0.25, 0.3) is 0 Å². The minimum absolute atomic E-state index is 0.0588. The van der Waals surface area contributed by atoms with Gasteiger partial charge in [0, 0.05) is 31.0 Å². The molecular weight excluding hydrogens is 408 g/mol. The summed E-state index contributed by atoms with van der Waals surface area (Å²) in [6.07, 6.45) is 2.71. The summed E-state index contributed by atoms with van der Waals surface area (Å²) >= 11 is 0. The number of rotatable bonds is 5. The standard InChI is InChI=1S/C20H24N4O5S/c1-14-5-7-17(15(2)11-14)21-20(27)22-18(25)13-23-12-16(6-8-19(23)26)30(28,29)24-9-3-4-10-24/h5-8,11-12H,3-4,9-10,13H2,1-2H3,(H2,21,22,25,27). The summed E-state index contributed by atoms with van der Waals surface area (Å²) in [7, 11) is -3.72. The van der Waals surface area contributed by atoms with Crippen LogP contribution in [0.1, 0.15) is 24.0 Å². The zero-order valence-electron chi connectivity index (χ0n) is 16.8. The second-order valence-corrected chi connectivity index (χ2v) is 9.20. The molecule has 0 atom stereocenters. The van der Waals surface area contributed by atoms with Crippen molar-refractivity contribution in [2.24, 2.45) is 0 Å². The third-order valence-electron chi connectivity index (χ3n) is 4.86. The summed E-state index contributed by atoms with van der Waals surface area (Å²) in [6.45, 7) is 4.13. The molecule has 1 aromatic heterocycles. The van der Waals surface area contributed by atoms with Crippen LogP contribution >= 0.6 is 0 Å². The molecule has 3 amide bonds. The lowest BCUT2D eigenvalue weighted by atomic mass is 10.1. The molecule has 0 radical (unpaired) electrons. The zero-order valence-corrected chi connectivity index (χ0v) is 17.7. The van der Waals surface area contributed by atoms with Gasteiger partial charge in [-0.2, -0.15) is 4.31 Å². The smallest absolute Gasteiger partial charge is 0.307 e. The average molecular weight is 433 g/mol. The highest BCUT2D eigenvalue weighted by atomic mass is 32.2. The third-order valence-corrected chi connectivity index (χ3v) is 6.74. The number of nitrogens with one attached hydrogen (secondary N) is 2. The lowest BCUT2D eigenvalue weighted by molar-refractivity contribution is -0.120. The van der Waals surface area contributed by atoms with Crippen molar-refractivity contribution in [2.45, 2.75) is 38.1 Å². The van der Waals surface area contributed by atoms with E-state index in [4.69, 9.17) is 0 Å². The van der Waals surface area contributed by atoms with E-state index in [1.54, 1.807) is 6.07 Å². The van der Waals surface area contributed by atoms with Crippen LogP contribution in [0.4, 0.5) is 10.5 Å². The molecule has 9 nitrogen and oxygen atoms in total. The molecule has 2 heterocycles. The summed E-state index contributed by atoms with van der Waals surface area (Å²) in [5.41, 5.74) is 1.90. The molecule has 1 aliphatic heterocycles. The summed E-state index contributed by atoms with van der Waals surface area (Å²) in [6, 6.07) is 7.05. The molecule has 1 fully saturated rings. The topological polar surface area (TPSA) is 118 Å². The van der Waals surface area contributed by atoms with Gasteiger partial charge in [0.25, 0.3) is 5.56 Å². The van der Waals surface area contributed by atoms with Crippen LogP contribution in [-0.4, -0.2) is 42.3 Å². The van der Waals surface area contributed by atoms with Gasteiger partial charge in [0.05, 0.1) is 4.90 Å². The van der Waals surface area contributed by atoms with Gasteiger partial charge in [-0.1, -0.05) is 17.7 Å². The van der Waals surface area contributed by atoms with Crippen molar-refractivity contribution in [3.8, 4) is 0 Å². The number of hydrogen-bond donors (Lipinski definition) is 2. The van der Waals surface area contributed by atoms with Crippen LogP contribution in [0.3, 0.4) is 0 Å². The number of aromatic nitrogens is 1. The minimum atomic E-state index is -3.72. The number of urea groups is 1. The second-order valence-electron chi connectivity index (χ2n) is 7.26. The Kier molecular flexibility index (Phi) is 6.37. The van der Waals surface area contributed by atoms with E-state index in [2.05, 4.69) is 10.6 Å². The number of carbonyl (C=O) groups is 2. The van der Waals surface area contributed by atoms with Crippen LogP contribution in [-0.2, 0) is 21.4 Å². The van der Waals surface area contributed by atoms with Gasteiger partial charge in [-0.3, -0.25) is 14.9 Å². The number of carbonyl (C=O) groups excluding carboxylic acids is 2. The number of anilines is 1. The molecule has 30 heavy (non-hydrogen) atoms. The molecule has 2 N–H and O–H groups in total. The van der Waals surface area contributed by atoms with E-state index in [1.165, 1.54) is 10.4 Å². The number of nitrogens with zero attached hydrogens (tertiary/aromatic N) is 2. The molecular formula is C20H24N4O5S. The third kappa shape index (κ3) is 4.95. The van der Waals surface area contributed by atoms with E-state index in [9.17, 15) is 22.8 Å². The normalized spacial score (nSPS) is 14.5. The Morgan fingerprint density at radius 2 is 1.77 bits per heavy atom. The van der Waals surface area contributed by atoms with E-state index >= 15 is 0 Å². The van der Waals surface area contributed by atoms with Gasteiger partial charge in [-0.15, -0.1) is 0 Å². The zero-order chi connectivity index (χ0) is 21.9. The van der Waals surface area contributed by atoms with Crippen LogP contribution in [0.15, 0.2) is 46.2 Å². The highest BCUT2D eigenvalue weighted by Gasteiger charge is 2.27. The van der Waals surface area contributed by atoms with Gasteiger partial charge in [-0.05, 0) is 44.4 Å². The maximum Gasteiger partial charge on any atom is 0.325 e. The Labute approximate surface area is 174 Å². The number of benzene rings is 1. The van der Waals surface area contributed by atoms with Crippen molar-refractivity contribution < 1.29 is 18.0 Å². The van der Waals surface area contributed by atoms with Crippen molar-refractivity contribution in [1.82, 2.24) is 14.2 Å². The highest BCUT2D eigenvalue weighted by Crippen LogP contribution is 2.19. The number of sulfonamides is 1. The monoisotopic (exact) mass is 432 g/mol. The lowest BCUT2D eigenvalue weighted by Gasteiger charge is -2.16. The van der Waals surface area contributed by atoms with Crippen LogP contribution < -0.4 is 16.2 Å². The first-order chi connectivity index (χ1) is 14.2. The molecule has 160 valence electrons. The average Bonchev–Trinajstić information content (AvgIpc) is 3.21. The lowest BCUT2D eigenvalue weighted by Crippen LogP contribution is -2.38. The van der Waals surface area contributed by atoms with Crippen molar-refractivity contribution >= 4 is 27.6 Å². The fourth-order valence-corrected chi connectivity index (χ4v) is 4.83. The molecule has 2 aromatic rings. The predicted molar refractivity (Wildman–Crippen MR) is 112 cm³/mol. The van der Waals surface area contributed by atoms with E-state index in [-0.39, 0.29) is 4.90 Å². The summed E-state index contributed by atoms with van der Waals surface area (Å²) in [5, 5.41) is 4.73. The summed E-state index contributed by atoms with van der Waals surface area (Å²) in [5.74, 6) is -0.741. The van der Waals surface area contributed by atoms with Crippen molar-refractivity contribution in [3.63, 3.8) is 0 Å². The molecule has 1 saturated heterocycles. The summed E-state index contributed by atoms with van der Waals surface area (Å²) in [4.78, 5) is 36.4. The summed E-state index contributed by atoms with van der Waals surface area (Å²) < 4.78 is 27.7. The van der Waals surface area contributed by atoms with Crippen LogP contribution in [0.5, 0.6) is 0 Å². The molecule has 0 unspecified atom stereocenters. The first-order valence-corrected chi connectivity index (χ1v) is 11.0. The fourth-order valence-electron chi connectivity index (χ4n) is 3.29. The minimum Gasteiger partial charge on any atom is -0.307 e. The van der Waals surface area contributed by atoms with Crippen LogP contribution in [0, 0.1) is 13.8 Å². The van der Waals surface area contributed by atoms with Gasteiger partial charge in [-0.25, -0.2) is 13.2 Å². The van der Waals surface area contributed by atoms with E-state index in [0.717, 1.165) is 40.8 Å². The Balaban J connectivity index is 1.69. The van der Waals surface area contributed by atoms with Crippen LogP contribution in [0.2, 0.25) is 0 Å². The Hall–Kier alpha value is -2.98. The number of aryl methyl sites for hydroxylation is 2. The molecule has 0 spiro atoms. The number of amides is 3. The Morgan fingerprint density at radius 1 is 1.07 bits per heavy atom. The molecule has 1 aromatic carbocycles. The number of hydrogen-bond acceptors (Lipinski definition) is 5. The molecule has 10 heteroatoms. The number of imide groups is 1. The van der Waals surface area contributed by atoms with Gasteiger partial charge in [0.15, 0.2) is 0 Å². The molecule has 0 bridgehead atoms. The molecule has 3 rings (SSSR count). The largest absolute Gasteiger partial charge is 0.325 e. The van der Waals surface area contributed by atoms with Gasteiger partial charge in [0.1, 0.15) is 6.54 Å². The van der Waals surface area contributed by atoms with Crippen molar-refractivity contribution in [1.29, 1.82) is 0 Å². The fraction of sp³-hybridized carbons (Fsp3) is 0.350.